The van der Waals surface area contributed by atoms with E-state index in [9.17, 15) is 0 Å². The predicted octanol–water partition coefficient (Wildman–Crippen LogP) is 5.11. The van der Waals surface area contributed by atoms with Gasteiger partial charge in [-0.3, -0.25) is 0 Å². The van der Waals surface area contributed by atoms with E-state index in [1.165, 1.54) is 27.1 Å². The SMILES string of the molecule is CC(=O)[O-].CC(=O)[O-].C[C-](C)C.N.[CH2-]P(c1ccccc1)c1ccccc1.[CH2-]P(c1ccccc1)c1ccccc1.[Pd+2]. The third-order valence-corrected chi connectivity index (χ3v) is 7.96. The van der Waals surface area contributed by atoms with Crippen molar-refractivity contribution >= 4 is 49.0 Å². The van der Waals surface area contributed by atoms with Crippen molar-refractivity contribution in [2.75, 3.05) is 0 Å². The molecule has 0 fully saturated rings. The van der Waals surface area contributed by atoms with E-state index in [0.717, 1.165) is 13.8 Å². The molecule has 3 N–H and O–H groups in total. The van der Waals surface area contributed by atoms with Crippen LogP contribution >= 0.6 is 15.8 Å². The van der Waals surface area contributed by atoms with E-state index in [4.69, 9.17) is 19.8 Å². The molecule has 4 rings (SSSR count). The van der Waals surface area contributed by atoms with Crippen LogP contribution in [-0.4, -0.2) is 11.9 Å². The fourth-order valence-electron chi connectivity index (χ4n) is 2.73. The molecule has 0 aliphatic heterocycles. The van der Waals surface area contributed by atoms with Gasteiger partial charge < -0.3 is 45.2 Å². The van der Waals surface area contributed by atoms with Gasteiger partial charge in [-0.1, -0.05) is 143 Å². The van der Waals surface area contributed by atoms with Crippen LogP contribution in [0.2, 0.25) is 0 Å². The number of carboxylic acid groups (broad SMARTS) is 2. The van der Waals surface area contributed by atoms with Crippen molar-refractivity contribution in [1.29, 1.82) is 0 Å². The van der Waals surface area contributed by atoms with E-state index >= 15 is 0 Å². The average Bonchev–Trinajstić information content (AvgIpc) is 2.94. The summed E-state index contributed by atoms with van der Waals surface area (Å²) >= 11 is 0. The largest absolute Gasteiger partial charge is 2.00 e. The number of hydrogen-bond donors (Lipinski definition) is 1. The minimum atomic E-state index is -1.08. The molecular weight excluding hydrogens is 655 g/mol. The molecule has 0 heterocycles. The second-order valence-corrected chi connectivity index (χ2v) is 12.5. The molecule has 230 valence electrons. The average molecular weight is 697 g/mol. The number of aliphatic carboxylic acids is 2. The van der Waals surface area contributed by atoms with Gasteiger partial charge in [0.25, 0.3) is 0 Å². The molecule has 0 aliphatic rings. The van der Waals surface area contributed by atoms with Crippen molar-refractivity contribution in [2.24, 2.45) is 0 Å². The second-order valence-electron chi connectivity index (χ2n) is 8.68. The van der Waals surface area contributed by atoms with Gasteiger partial charge in [-0.05, 0) is 13.8 Å². The molecule has 0 radical (unpaired) electrons. The molecule has 0 atom stereocenters. The van der Waals surface area contributed by atoms with E-state index in [0.29, 0.717) is 0 Å². The van der Waals surface area contributed by atoms with Gasteiger partial charge in [0.15, 0.2) is 0 Å². The minimum absolute atomic E-state index is 0. The first kappa shape index (κ1) is 43.8. The maximum absolute atomic E-state index is 8.89. The maximum atomic E-state index is 8.89. The van der Waals surface area contributed by atoms with Gasteiger partial charge in [0.2, 0.25) is 0 Å². The Morgan fingerprint density at radius 1 is 0.524 bits per heavy atom. The zero-order valence-electron chi connectivity index (χ0n) is 25.0. The topological polar surface area (TPSA) is 115 Å². The first-order valence-electron chi connectivity index (χ1n) is 12.5. The molecule has 0 aromatic heterocycles. The Morgan fingerprint density at radius 2 is 0.643 bits per heavy atom. The van der Waals surface area contributed by atoms with Crippen LogP contribution in [0.4, 0.5) is 0 Å². The third-order valence-electron chi connectivity index (χ3n) is 4.27. The van der Waals surface area contributed by atoms with E-state index in [2.05, 4.69) is 131 Å². The summed E-state index contributed by atoms with van der Waals surface area (Å²) < 4.78 is 0. The molecule has 4 aromatic rings. The second kappa shape index (κ2) is 27.2. The Balaban J connectivity index is -0.000000510. The standard InChI is InChI=1S/2C13H12P.C4H9.2C2H4O2.H3N.Pd/c2*1-14(12-8-4-2-5-9-12)13-10-6-3-7-11-13;1-4(2)3;2*1-2(3)4;;/h2*2-11H,1H2;1-3H3;2*1H3,(H,3,4);1H3;/q3*-1;;;;+2/p-2. The molecule has 0 saturated heterocycles. The Hall–Kier alpha value is -2.70. The molecule has 4 aromatic carbocycles. The van der Waals surface area contributed by atoms with Crippen LogP contribution in [0.3, 0.4) is 0 Å². The zero-order chi connectivity index (χ0) is 30.3. The summed E-state index contributed by atoms with van der Waals surface area (Å²) in [7, 11) is -0.842. The number of carbonyl (C=O) groups excluding carboxylic acids is 2. The van der Waals surface area contributed by atoms with Crippen molar-refractivity contribution < 1.29 is 40.2 Å². The van der Waals surface area contributed by atoms with E-state index in [1.54, 1.807) is 0 Å². The van der Waals surface area contributed by atoms with Crippen molar-refractivity contribution in [3.8, 4) is 0 Å². The monoisotopic (exact) mass is 696 g/mol. The number of benzene rings is 4. The van der Waals surface area contributed by atoms with Crippen LogP contribution in [0.1, 0.15) is 34.6 Å². The van der Waals surface area contributed by atoms with Gasteiger partial charge in [-0.15, -0.1) is 0 Å². The fraction of sp³-hybridized carbons (Fsp3) is 0.147. The van der Waals surface area contributed by atoms with Crippen LogP contribution in [-0.2, 0) is 30.0 Å². The van der Waals surface area contributed by atoms with Gasteiger partial charge >= 0.3 is 20.4 Å². The van der Waals surface area contributed by atoms with Crippen LogP contribution < -0.4 is 37.6 Å². The van der Waals surface area contributed by atoms with Crippen LogP contribution in [0, 0.1) is 19.2 Å². The Morgan fingerprint density at radius 3 is 0.762 bits per heavy atom. The summed E-state index contributed by atoms with van der Waals surface area (Å²) in [6.07, 6.45) is 0. The third kappa shape index (κ3) is 24.0. The normalized spacial score (nSPS) is 9.00. The molecule has 42 heavy (non-hydrogen) atoms. The van der Waals surface area contributed by atoms with Crippen molar-refractivity contribution in [3.05, 3.63) is 141 Å². The predicted molar refractivity (Wildman–Crippen MR) is 176 cm³/mol. The molecule has 8 heteroatoms. The van der Waals surface area contributed by atoms with Crippen molar-refractivity contribution in [2.45, 2.75) is 34.6 Å². The smallest absolute Gasteiger partial charge is 0.550 e. The quantitative estimate of drug-likeness (QED) is 0.181. The molecule has 0 spiro atoms. The number of hydrogen-bond acceptors (Lipinski definition) is 5. The molecule has 0 saturated carbocycles. The number of carbonyl (C=O) groups is 2. The first-order valence-corrected chi connectivity index (χ1v) is 15.5. The number of rotatable bonds is 4. The summed E-state index contributed by atoms with van der Waals surface area (Å²) in [5.41, 5.74) is 0. The Bertz CT molecular complexity index is 1000. The minimum Gasteiger partial charge on any atom is -0.550 e. The number of carboxylic acids is 2. The Labute approximate surface area is 269 Å². The summed E-state index contributed by atoms with van der Waals surface area (Å²) in [5, 5.41) is 23.1. The zero-order valence-corrected chi connectivity index (χ0v) is 28.4. The van der Waals surface area contributed by atoms with E-state index < -0.39 is 27.8 Å². The summed E-state index contributed by atoms with van der Waals surface area (Å²) in [5.74, 6) is -0.750. The molecule has 0 bridgehead atoms. The van der Waals surface area contributed by atoms with Gasteiger partial charge in [0.1, 0.15) is 0 Å². The van der Waals surface area contributed by atoms with E-state index in [1.807, 2.05) is 24.3 Å². The summed E-state index contributed by atoms with van der Waals surface area (Å²) in [4.78, 5) is 17.8. The van der Waals surface area contributed by atoms with Gasteiger partial charge in [-0.25, -0.2) is 15.8 Å². The van der Waals surface area contributed by atoms with Crippen LogP contribution in [0.15, 0.2) is 121 Å². The van der Waals surface area contributed by atoms with Crippen LogP contribution in [0.5, 0.6) is 0 Å². The molecule has 0 amide bonds. The maximum Gasteiger partial charge on any atom is 2.00 e. The van der Waals surface area contributed by atoms with Crippen molar-refractivity contribution in [1.82, 2.24) is 6.15 Å². The molecule has 0 unspecified atom stereocenters. The molecular formula is C34H42NO4P2Pd-3. The van der Waals surface area contributed by atoms with Crippen molar-refractivity contribution in [3.63, 3.8) is 0 Å². The van der Waals surface area contributed by atoms with E-state index in [-0.39, 0.29) is 26.6 Å². The van der Waals surface area contributed by atoms with Gasteiger partial charge in [-0.2, -0.15) is 20.8 Å². The first-order chi connectivity index (χ1) is 19.0. The molecule has 0 aliphatic carbocycles. The van der Waals surface area contributed by atoms with Crippen LogP contribution in [0.25, 0.3) is 0 Å². The summed E-state index contributed by atoms with van der Waals surface area (Å²) in [6.45, 7) is 16.7. The molecule has 5 nitrogen and oxygen atoms in total. The van der Waals surface area contributed by atoms with Gasteiger partial charge in [0.05, 0.1) is 0 Å². The Kier molecular flexibility index (Phi) is 28.3. The van der Waals surface area contributed by atoms with Gasteiger partial charge in [0, 0.05) is 11.9 Å². The summed E-state index contributed by atoms with van der Waals surface area (Å²) in [6, 6.07) is 41.9. The fourth-order valence-corrected chi connectivity index (χ4v) is 5.45.